The molecule has 1 aromatic carbocycles. The predicted octanol–water partition coefficient (Wildman–Crippen LogP) is 2.94. The summed E-state index contributed by atoms with van der Waals surface area (Å²) in [4.78, 5) is 8.89. The number of aryl methyl sites for hydroxylation is 1. The van der Waals surface area contributed by atoms with Crippen LogP contribution in [0.1, 0.15) is 5.56 Å². The highest BCUT2D eigenvalue weighted by Crippen LogP contribution is 2.24. The summed E-state index contributed by atoms with van der Waals surface area (Å²) in [5.41, 5.74) is 3.20. The van der Waals surface area contributed by atoms with E-state index in [1.807, 2.05) is 43.7 Å². The van der Waals surface area contributed by atoms with Crippen molar-refractivity contribution in [2.24, 2.45) is 7.05 Å². The van der Waals surface area contributed by atoms with Gasteiger partial charge < -0.3 is 4.74 Å². The molecular weight excluding hydrogens is 340 g/mol. The smallest absolute Gasteiger partial charge is 0.164 e. The van der Waals surface area contributed by atoms with Crippen LogP contribution in [-0.4, -0.2) is 36.6 Å². The van der Waals surface area contributed by atoms with Gasteiger partial charge in [0.05, 0.1) is 31.6 Å². The highest BCUT2D eigenvalue weighted by Gasteiger charge is 2.13. The summed E-state index contributed by atoms with van der Waals surface area (Å²) in [6.07, 6.45) is 5.42. The Balaban J connectivity index is 1.68. The van der Waals surface area contributed by atoms with E-state index in [2.05, 4.69) is 20.2 Å². The van der Waals surface area contributed by atoms with Crippen LogP contribution in [0.5, 0.6) is 5.75 Å². The molecule has 0 saturated carbocycles. The van der Waals surface area contributed by atoms with Crippen LogP contribution in [-0.2, 0) is 13.6 Å². The molecule has 0 amide bonds. The minimum absolute atomic E-state index is 0.331. The topological polar surface area (TPSA) is 70.7 Å². The summed E-state index contributed by atoms with van der Waals surface area (Å²) >= 11 is 6.30. The molecule has 25 heavy (non-hydrogen) atoms. The average Bonchev–Trinajstić information content (AvgIpc) is 3.22. The van der Waals surface area contributed by atoms with Crippen molar-refractivity contribution in [1.82, 2.24) is 29.5 Å². The Morgan fingerprint density at radius 3 is 2.60 bits per heavy atom. The molecule has 0 fully saturated rings. The number of ether oxygens (including phenoxy) is 1. The van der Waals surface area contributed by atoms with Crippen LogP contribution in [0.25, 0.3) is 22.4 Å². The molecule has 3 heterocycles. The van der Waals surface area contributed by atoms with Gasteiger partial charge in [-0.2, -0.15) is 10.2 Å². The molecule has 0 radical (unpaired) electrons. The van der Waals surface area contributed by atoms with Crippen molar-refractivity contribution in [2.45, 2.75) is 6.54 Å². The number of halogens is 1. The molecule has 3 aromatic heterocycles. The predicted molar refractivity (Wildman–Crippen MR) is 94.6 cm³/mol. The summed E-state index contributed by atoms with van der Waals surface area (Å²) in [5.74, 6) is 1.36. The first-order valence-corrected chi connectivity index (χ1v) is 8.03. The van der Waals surface area contributed by atoms with Gasteiger partial charge in [0, 0.05) is 13.2 Å². The first-order valence-electron chi connectivity index (χ1n) is 7.65. The van der Waals surface area contributed by atoms with Gasteiger partial charge in [-0.3, -0.25) is 9.36 Å². The second-order valence-corrected chi connectivity index (χ2v) is 6.01. The summed E-state index contributed by atoms with van der Waals surface area (Å²) in [6.45, 7) is 0.610. The Morgan fingerprint density at radius 2 is 1.92 bits per heavy atom. The molecule has 7 nitrogen and oxygen atoms in total. The lowest BCUT2D eigenvalue weighted by molar-refractivity contribution is 0.414. The van der Waals surface area contributed by atoms with Gasteiger partial charge in [0.15, 0.2) is 11.0 Å². The van der Waals surface area contributed by atoms with Crippen LogP contribution in [0.2, 0.25) is 5.15 Å². The molecule has 0 N–H and O–H groups in total. The number of aromatic nitrogens is 6. The quantitative estimate of drug-likeness (QED) is 0.527. The van der Waals surface area contributed by atoms with Crippen LogP contribution in [0.15, 0.2) is 42.9 Å². The SMILES string of the molecule is COc1ccc(Cn2cc3nc(-c4cnn(C)c4)nc(Cl)c3n2)cc1. The van der Waals surface area contributed by atoms with Gasteiger partial charge in [0.25, 0.3) is 0 Å². The summed E-state index contributed by atoms with van der Waals surface area (Å²) in [5, 5.41) is 8.97. The number of hydrogen-bond donors (Lipinski definition) is 0. The molecule has 0 unspecified atom stereocenters. The maximum absolute atomic E-state index is 6.30. The highest BCUT2D eigenvalue weighted by atomic mass is 35.5. The Bertz CT molecular complexity index is 1040. The minimum Gasteiger partial charge on any atom is -0.497 e. The van der Waals surface area contributed by atoms with Gasteiger partial charge in [-0.05, 0) is 17.7 Å². The molecule has 0 aliphatic carbocycles. The molecule has 0 saturated heterocycles. The normalized spacial score (nSPS) is 11.2. The average molecular weight is 355 g/mol. The van der Waals surface area contributed by atoms with Gasteiger partial charge in [-0.1, -0.05) is 23.7 Å². The number of rotatable bonds is 4. The van der Waals surface area contributed by atoms with Crippen molar-refractivity contribution < 1.29 is 4.74 Å². The fraction of sp³-hybridized carbons (Fsp3) is 0.176. The maximum Gasteiger partial charge on any atom is 0.164 e. The lowest BCUT2D eigenvalue weighted by Crippen LogP contribution is -1.99. The van der Waals surface area contributed by atoms with E-state index in [1.54, 1.807) is 22.7 Å². The van der Waals surface area contributed by atoms with Crippen molar-refractivity contribution in [3.8, 4) is 17.1 Å². The van der Waals surface area contributed by atoms with E-state index in [1.165, 1.54) is 0 Å². The number of nitrogens with zero attached hydrogens (tertiary/aromatic N) is 6. The number of methoxy groups -OCH3 is 1. The maximum atomic E-state index is 6.30. The zero-order valence-corrected chi connectivity index (χ0v) is 14.5. The Morgan fingerprint density at radius 1 is 1.12 bits per heavy atom. The fourth-order valence-electron chi connectivity index (χ4n) is 2.59. The molecular formula is C17H15ClN6O. The molecule has 4 rings (SSSR count). The third-order valence-electron chi connectivity index (χ3n) is 3.83. The molecule has 126 valence electrons. The van der Waals surface area contributed by atoms with Gasteiger partial charge >= 0.3 is 0 Å². The molecule has 0 aliphatic rings. The van der Waals surface area contributed by atoms with Crippen molar-refractivity contribution in [3.05, 3.63) is 53.6 Å². The molecule has 4 aromatic rings. The third kappa shape index (κ3) is 3.06. The van der Waals surface area contributed by atoms with Crippen LogP contribution in [0, 0.1) is 0 Å². The van der Waals surface area contributed by atoms with Crippen molar-refractivity contribution in [2.75, 3.05) is 7.11 Å². The van der Waals surface area contributed by atoms with E-state index in [0.29, 0.717) is 28.6 Å². The number of fused-ring (bicyclic) bond motifs is 1. The van der Waals surface area contributed by atoms with E-state index in [-0.39, 0.29) is 0 Å². The van der Waals surface area contributed by atoms with Crippen LogP contribution < -0.4 is 4.74 Å². The van der Waals surface area contributed by atoms with Gasteiger partial charge in [-0.15, -0.1) is 0 Å². The van der Waals surface area contributed by atoms with Crippen LogP contribution in [0.3, 0.4) is 0 Å². The molecule has 0 aliphatic heterocycles. The van der Waals surface area contributed by atoms with Crippen molar-refractivity contribution in [3.63, 3.8) is 0 Å². The van der Waals surface area contributed by atoms with Gasteiger partial charge in [0.1, 0.15) is 16.8 Å². The Kier molecular flexibility index (Phi) is 3.85. The summed E-state index contributed by atoms with van der Waals surface area (Å²) in [7, 11) is 3.49. The largest absolute Gasteiger partial charge is 0.497 e. The Hall–Kier alpha value is -2.93. The molecule has 0 spiro atoms. The van der Waals surface area contributed by atoms with E-state index in [4.69, 9.17) is 16.3 Å². The highest BCUT2D eigenvalue weighted by molar-refractivity contribution is 6.33. The Labute approximate surface area is 148 Å². The molecule has 0 atom stereocenters. The fourth-order valence-corrected chi connectivity index (χ4v) is 2.80. The standard InChI is InChI=1S/C17H15ClN6O/c1-23-9-12(7-19-23)17-20-14-10-24(22-15(14)16(18)21-17)8-11-3-5-13(25-2)6-4-11/h3-7,9-10H,8H2,1-2H3. The lowest BCUT2D eigenvalue weighted by atomic mass is 10.2. The zero-order chi connectivity index (χ0) is 17.4. The second-order valence-electron chi connectivity index (χ2n) is 5.65. The molecule has 0 bridgehead atoms. The number of hydrogen-bond acceptors (Lipinski definition) is 5. The van der Waals surface area contributed by atoms with Gasteiger partial charge in [0.2, 0.25) is 0 Å². The number of benzene rings is 1. The molecule has 8 heteroatoms. The second kappa shape index (κ2) is 6.18. The van der Waals surface area contributed by atoms with Crippen molar-refractivity contribution >= 4 is 22.6 Å². The monoisotopic (exact) mass is 354 g/mol. The summed E-state index contributed by atoms with van der Waals surface area (Å²) in [6, 6.07) is 7.84. The van der Waals surface area contributed by atoms with Crippen LogP contribution >= 0.6 is 11.6 Å². The first kappa shape index (κ1) is 15.6. The van der Waals surface area contributed by atoms with E-state index in [0.717, 1.165) is 16.9 Å². The van der Waals surface area contributed by atoms with Gasteiger partial charge in [-0.25, -0.2) is 9.97 Å². The van der Waals surface area contributed by atoms with E-state index >= 15 is 0 Å². The third-order valence-corrected chi connectivity index (χ3v) is 4.10. The lowest BCUT2D eigenvalue weighted by Gasteiger charge is -2.03. The van der Waals surface area contributed by atoms with E-state index < -0.39 is 0 Å². The summed E-state index contributed by atoms with van der Waals surface area (Å²) < 4.78 is 8.68. The van der Waals surface area contributed by atoms with E-state index in [9.17, 15) is 0 Å². The first-order chi connectivity index (χ1) is 12.1. The van der Waals surface area contributed by atoms with Crippen molar-refractivity contribution in [1.29, 1.82) is 0 Å². The van der Waals surface area contributed by atoms with Crippen LogP contribution in [0.4, 0.5) is 0 Å². The zero-order valence-electron chi connectivity index (χ0n) is 13.7. The minimum atomic E-state index is 0.331.